The molecule has 0 unspecified atom stereocenters. The second-order valence-corrected chi connectivity index (χ2v) is 7.65. The summed E-state index contributed by atoms with van der Waals surface area (Å²) in [7, 11) is 0. The molecule has 0 amide bonds. The van der Waals surface area contributed by atoms with Crippen molar-refractivity contribution < 1.29 is 4.74 Å². The van der Waals surface area contributed by atoms with Gasteiger partial charge in [0.15, 0.2) is 0 Å². The van der Waals surface area contributed by atoms with E-state index in [-0.39, 0.29) is 11.8 Å². The molecule has 2 N–H and O–H groups in total. The fourth-order valence-corrected chi connectivity index (χ4v) is 4.08. The van der Waals surface area contributed by atoms with Crippen LogP contribution < -0.4 is 5.73 Å². The van der Waals surface area contributed by atoms with Crippen LogP contribution in [0.5, 0.6) is 0 Å². The number of rotatable bonds is 3. The van der Waals surface area contributed by atoms with Gasteiger partial charge in [0.2, 0.25) is 5.88 Å². The third kappa shape index (κ3) is 3.80. The third-order valence-corrected chi connectivity index (χ3v) is 5.65. The highest BCUT2D eigenvalue weighted by Crippen LogP contribution is 2.43. The summed E-state index contributed by atoms with van der Waals surface area (Å²) in [6.07, 6.45) is 2.11. The molecule has 0 bridgehead atoms. The minimum atomic E-state index is -0.201. The van der Waals surface area contributed by atoms with Gasteiger partial charge in [-0.25, -0.2) is 0 Å². The van der Waals surface area contributed by atoms with E-state index in [4.69, 9.17) is 22.1 Å². The quantitative estimate of drug-likeness (QED) is 0.797. The standard InChI is InChI=1S/C24H22ClN3O/c1-2-28-14-18(12-16-8-10-19(25)11-9-16)23-21(15-28)22(17-6-4-3-5-7-17)20(13-26)24(27)29-23/h3-12,22H,2,14-15,27H2,1H3/b18-12+/t22-/m0/s1. The van der Waals surface area contributed by atoms with E-state index in [9.17, 15) is 5.26 Å². The van der Waals surface area contributed by atoms with Gasteiger partial charge in [-0.15, -0.1) is 0 Å². The average Bonchev–Trinajstić information content (AvgIpc) is 2.75. The first-order valence-corrected chi connectivity index (χ1v) is 10.0. The van der Waals surface area contributed by atoms with Crippen molar-refractivity contribution in [3.63, 3.8) is 0 Å². The van der Waals surface area contributed by atoms with E-state index in [1.807, 2.05) is 54.6 Å². The van der Waals surface area contributed by atoms with Gasteiger partial charge in [-0.2, -0.15) is 5.26 Å². The molecule has 2 aromatic rings. The summed E-state index contributed by atoms with van der Waals surface area (Å²) >= 11 is 6.03. The maximum Gasteiger partial charge on any atom is 0.205 e. The molecule has 0 saturated heterocycles. The Labute approximate surface area is 176 Å². The highest BCUT2D eigenvalue weighted by molar-refractivity contribution is 6.30. The van der Waals surface area contributed by atoms with Crippen molar-refractivity contribution in [2.75, 3.05) is 19.6 Å². The van der Waals surface area contributed by atoms with Crippen LogP contribution in [0.15, 0.2) is 83.0 Å². The van der Waals surface area contributed by atoms with Crippen molar-refractivity contribution in [1.29, 1.82) is 5.26 Å². The number of ether oxygens (including phenoxy) is 1. The van der Waals surface area contributed by atoms with Crippen LogP contribution in [0.2, 0.25) is 5.02 Å². The van der Waals surface area contributed by atoms with Gasteiger partial charge in [-0.05, 0) is 41.5 Å². The molecule has 2 aromatic carbocycles. The van der Waals surface area contributed by atoms with Crippen LogP contribution in [-0.4, -0.2) is 24.5 Å². The van der Waals surface area contributed by atoms with Crippen LogP contribution in [0, 0.1) is 11.3 Å². The molecule has 1 atom stereocenters. The lowest BCUT2D eigenvalue weighted by Crippen LogP contribution is -2.38. The van der Waals surface area contributed by atoms with Crippen molar-refractivity contribution in [3.8, 4) is 6.07 Å². The molecule has 0 spiro atoms. The van der Waals surface area contributed by atoms with E-state index in [2.05, 4.69) is 24.0 Å². The first kappa shape index (κ1) is 19.3. The smallest absolute Gasteiger partial charge is 0.205 e. The zero-order valence-electron chi connectivity index (χ0n) is 16.2. The predicted molar refractivity (Wildman–Crippen MR) is 116 cm³/mol. The Balaban J connectivity index is 1.86. The lowest BCUT2D eigenvalue weighted by molar-refractivity contribution is 0.239. The molecule has 4 nitrogen and oxygen atoms in total. The number of hydrogen-bond acceptors (Lipinski definition) is 4. The van der Waals surface area contributed by atoms with Crippen LogP contribution >= 0.6 is 11.6 Å². The molecule has 0 saturated carbocycles. The normalized spacial score (nSPS) is 21.0. The predicted octanol–water partition coefficient (Wildman–Crippen LogP) is 4.82. The summed E-state index contributed by atoms with van der Waals surface area (Å²) in [6.45, 7) is 4.54. The first-order valence-electron chi connectivity index (χ1n) is 9.65. The highest BCUT2D eigenvalue weighted by Gasteiger charge is 2.37. The number of hydrogen-bond donors (Lipinski definition) is 1. The largest absolute Gasteiger partial charge is 0.440 e. The summed E-state index contributed by atoms with van der Waals surface area (Å²) in [5.74, 6) is 0.773. The minimum absolute atomic E-state index is 0.187. The number of likely N-dealkylation sites (N-methyl/N-ethyl adjacent to an activating group) is 1. The molecule has 29 heavy (non-hydrogen) atoms. The Morgan fingerprint density at radius 1 is 1.17 bits per heavy atom. The number of nitrogens with two attached hydrogens (primary N) is 1. The Morgan fingerprint density at radius 2 is 1.90 bits per heavy atom. The molecule has 5 heteroatoms. The number of halogens is 1. The maximum absolute atomic E-state index is 9.80. The van der Waals surface area contributed by atoms with Crippen LogP contribution in [-0.2, 0) is 4.74 Å². The molecule has 2 heterocycles. The molecule has 0 aliphatic carbocycles. The van der Waals surface area contributed by atoms with Crippen molar-refractivity contribution in [2.24, 2.45) is 5.73 Å². The van der Waals surface area contributed by atoms with Crippen LogP contribution in [0.3, 0.4) is 0 Å². The SMILES string of the molecule is CCN1CC2=C(OC(N)=C(C#N)[C@@H]2c2ccccc2)/C(=C/c2ccc(Cl)cc2)C1. The Bertz CT molecular complexity index is 1050. The highest BCUT2D eigenvalue weighted by atomic mass is 35.5. The zero-order chi connectivity index (χ0) is 20.4. The fraction of sp³-hybridized carbons (Fsp3) is 0.208. The Kier molecular flexibility index (Phi) is 5.44. The maximum atomic E-state index is 9.80. The molecule has 0 aromatic heterocycles. The molecule has 2 aliphatic rings. The number of nitrogens with zero attached hydrogens (tertiary/aromatic N) is 2. The number of nitriles is 1. The van der Waals surface area contributed by atoms with E-state index >= 15 is 0 Å². The number of allylic oxidation sites excluding steroid dienone is 1. The Morgan fingerprint density at radius 3 is 2.55 bits per heavy atom. The van der Waals surface area contributed by atoms with Gasteiger partial charge in [0, 0.05) is 23.7 Å². The van der Waals surface area contributed by atoms with E-state index in [1.165, 1.54) is 0 Å². The lowest BCUT2D eigenvalue weighted by atomic mass is 9.80. The molecular weight excluding hydrogens is 382 g/mol. The summed E-state index contributed by atoms with van der Waals surface area (Å²) in [6, 6.07) is 20.0. The average molecular weight is 404 g/mol. The monoisotopic (exact) mass is 403 g/mol. The van der Waals surface area contributed by atoms with Gasteiger partial charge in [-0.1, -0.05) is 61.0 Å². The van der Waals surface area contributed by atoms with Gasteiger partial charge in [0.05, 0.1) is 5.92 Å². The molecule has 4 rings (SSSR count). The molecular formula is C24H22ClN3O. The topological polar surface area (TPSA) is 62.3 Å². The lowest BCUT2D eigenvalue weighted by Gasteiger charge is -2.38. The number of benzene rings is 2. The Hall–Kier alpha value is -3.00. The third-order valence-electron chi connectivity index (χ3n) is 5.40. The molecule has 2 aliphatic heterocycles. The van der Waals surface area contributed by atoms with Gasteiger partial charge in [0.1, 0.15) is 17.4 Å². The van der Waals surface area contributed by atoms with Crippen molar-refractivity contribution in [3.05, 3.63) is 99.1 Å². The summed E-state index contributed by atoms with van der Waals surface area (Å²) in [4.78, 5) is 2.34. The molecule has 0 radical (unpaired) electrons. The summed E-state index contributed by atoms with van der Waals surface area (Å²) < 4.78 is 6.04. The van der Waals surface area contributed by atoms with E-state index < -0.39 is 0 Å². The van der Waals surface area contributed by atoms with Crippen LogP contribution in [0.1, 0.15) is 24.0 Å². The van der Waals surface area contributed by atoms with E-state index in [1.54, 1.807) is 0 Å². The van der Waals surface area contributed by atoms with Crippen molar-refractivity contribution in [2.45, 2.75) is 12.8 Å². The van der Waals surface area contributed by atoms with Crippen LogP contribution in [0.4, 0.5) is 0 Å². The zero-order valence-corrected chi connectivity index (χ0v) is 17.0. The van der Waals surface area contributed by atoms with Gasteiger partial charge in [-0.3, -0.25) is 4.90 Å². The summed E-state index contributed by atoms with van der Waals surface area (Å²) in [5.41, 5.74) is 10.9. The van der Waals surface area contributed by atoms with Crippen LogP contribution in [0.25, 0.3) is 6.08 Å². The molecule has 146 valence electrons. The molecule has 0 fully saturated rings. The summed E-state index contributed by atoms with van der Waals surface area (Å²) in [5, 5.41) is 10.5. The van der Waals surface area contributed by atoms with E-state index in [0.29, 0.717) is 10.6 Å². The van der Waals surface area contributed by atoms with Crippen molar-refractivity contribution >= 4 is 17.7 Å². The first-order chi connectivity index (χ1) is 14.1. The second-order valence-electron chi connectivity index (χ2n) is 7.21. The van der Waals surface area contributed by atoms with Gasteiger partial charge >= 0.3 is 0 Å². The fourth-order valence-electron chi connectivity index (χ4n) is 3.95. The van der Waals surface area contributed by atoms with Gasteiger partial charge < -0.3 is 10.5 Å². The van der Waals surface area contributed by atoms with Gasteiger partial charge in [0.25, 0.3) is 0 Å². The second kappa shape index (κ2) is 8.16. The van der Waals surface area contributed by atoms with E-state index in [0.717, 1.165) is 47.7 Å². The minimum Gasteiger partial charge on any atom is -0.440 e. The van der Waals surface area contributed by atoms with Crippen molar-refractivity contribution in [1.82, 2.24) is 4.90 Å².